The van der Waals surface area contributed by atoms with Gasteiger partial charge in [-0.05, 0) is 0 Å². The molecule has 0 N–H and O–H groups in total. The average Bonchev–Trinajstić information content (AvgIpc) is 0. The van der Waals surface area contributed by atoms with Gasteiger partial charge in [0, 0.05) is 55.9 Å². The van der Waals surface area contributed by atoms with Crippen LogP contribution < -0.4 is 0 Å². The SMILES string of the molecule is [Ag].[Be+2].[Cu].[H-].[H-].[Ni].[SnH2]. The Balaban J connectivity index is 0. The summed E-state index contributed by atoms with van der Waals surface area (Å²) in [6.07, 6.45) is 0. The van der Waals surface area contributed by atoms with Gasteiger partial charge in [0.25, 0.3) is 0 Å². The maximum atomic E-state index is 0. The predicted octanol–water partition coefficient (Wildman–Crippen LogP) is -1.08. The van der Waals surface area contributed by atoms with Crippen LogP contribution in [0.1, 0.15) is 2.85 Å². The van der Waals surface area contributed by atoms with Crippen molar-refractivity contribution in [3.05, 3.63) is 0 Å². The van der Waals surface area contributed by atoms with Crippen LogP contribution >= 0.6 is 0 Å². The van der Waals surface area contributed by atoms with Gasteiger partial charge in [0.1, 0.15) is 0 Å². The molecular weight excluding hydrogens is 358 g/mol. The van der Waals surface area contributed by atoms with E-state index >= 15 is 0 Å². The van der Waals surface area contributed by atoms with E-state index in [1.165, 1.54) is 0 Å². The van der Waals surface area contributed by atoms with Crippen molar-refractivity contribution in [1.29, 1.82) is 0 Å². The van der Waals surface area contributed by atoms with Crippen molar-refractivity contribution in [1.82, 2.24) is 0 Å². The van der Waals surface area contributed by atoms with E-state index in [1.54, 1.807) is 0 Å². The molecule has 5 heavy (non-hydrogen) atoms. The van der Waals surface area contributed by atoms with Crippen LogP contribution in [0.15, 0.2) is 0 Å². The van der Waals surface area contributed by atoms with Crippen molar-refractivity contribution in [2.75, 3.05) is 0 Å². The summed E-state index contributed by atoms with van der Waals surface area (Å²) in [7, 11) is 0. The van der Waals surface area contributed by atoms with E-state index in [9.17, 15) is 0 Å². The molecule has 0 aromatic carbocycles. The first-order valence-corrected chi connectivity index (χ1v) is 0. The molecule has 0 unspecified atom stereocenters. The van der Waals surface area contributed by atoms with Crippen molar-refractivity contribution in [2.24, 2.45) is 0 Å². The minimum absolute atomic E-state index is 0. The summed E-state index contributed by atoms with van der Waals surface area (Å²) < 4.78 is 0. The summed E-state index contributed by atoms with van der Waals surface area (Å²) in [6, 6.07) is 0. The van der Waals surface area contributed by atoms with Gasteiger partial charge in [-0.3, -0.25) is 0 Å². The van der Waals surface area contributed by atoms with E-state index < -0.39 is 0 Å². The molecule has 0 aromatic heterocycles. The van der Waals surface area contributed by atoms with Crippen LogP contribution in [-0.2, 0) is 55.9 Å². The third kappa shape index (κ3) is 20.2. The van der Waals surface area contributed by atoms with E-state index in [0.29, 0.717) is 0 Å². The fourth-order valence-corrected chi connectivity index (χ4v) is 0. The van der Waals surface area contributed by atoms with Gasteiger partial charge in [0.2, 0.25) is 0 Å². The van der Waals surface area contributed by atoms with Gasteiger partial charge in [-0.2, -0.15) is 0 Å². The quantitative estimate of drug-likeness (QED) is 0.482. The third-order valence-corrected chi connectivity index (χ3v) is 0. The van der Waals surface area contributed by atoms with Crippen LogP contribution in [0.2, 0.25) is 0 Å². The molecule has 0 saturated carbocycles. The van der Waals surface area contributed by atoms with Crippen molar-refractivity contribution < 1.29 is 58.8 Å². The van der Waals surface area contributed by atoms with Crippen molar-refractivity contribution in [2.45, 2.75) is 0 Å². The van der Waals surface area contributed by atoms with E-state index in [2.05, 4.69) is 0 Å². The molecule has 0 aliphatic heterocycles. The van der Waals surface area contributed by atoms with E-state index in [-0.39, 0.29) is 92.8 Å². The standard InChI is InChI=1S/Ag.Be.Cu.Ni.Sn.4H/q;+2;;;;;;2*-1. The molecule has 0 fully saturated rings. The Morgan fingerprint density at radius 3 is 1.20 bits per heavy atom. The molecule has 0 bridgehead atoms. The molecule has 0 rings (SSSR count). The second-order valence-electron chi connectivity index (χ2n) is 0. The Morgan fingerprint density at radius 1 is 1.20 bits per heavy atom. The fraction of sp³-hybridized carbons (Fsp3) is 0. The Bertz CT molecular complexity index is 17.7. The van der Waals surface area contributed by atoms with Crippen LogP contribution in [0.5, 0.6) is 0 Å². The Hall–Kier alpha value is 2.72. The molecule has 0 amide bonds. The summed E-state index contributed by atoms with van der Waals surface area (Å²) in [5, 5.41) is 0. The summed E-state index contributed by atoms with van der Waals surface area (Å²) in [5.41, 5.74) is 0. The van der Waals surface area contributed by atoms with Crippen molar-refractivity contribution in [3.8, 4) is 0 Å². The second kappa shape index (κ2) is 29.7. The molecule has 0 spiro atoms. The first-order chi connectivity index (χ1) is 0. The Kier molecular flexibility index (Phi) is 280. The Morgan fingerprint density at radius 2 is 1.20 bits per heavy atom. The zero-order chi connectivity index (χ0) is 0. The summed E-state index contributed by atoms with van der Waals surface area (Å²) in [6.45, 7) is 0. The fourth-order valence-electron chi connectivity index (χ4n) is 0. The molecule has 0 atom stereocenters. The first kappa shape index (κ1) is 47.1. The van der Waals surface area contributed by atoms with Gasteiger partial charge in [-0.15, -0.1) is 0 Å². The summed E-state index contributed by atoms with van der Waals surface area (Å²) in [5.74, 6) is 0. The van der Waals surface area contributed by atoms with E-state index in [4.69, 9.17) is 0 Å². The molecule has 0 aromatic rings. The van der Waals surface area contributed by atoms with E-state index in [1.807, 2.05) is 0 Å². The van der Waals surface area contributed by atoms with Gasteiger partial charge < -0.3 is 2.85 Å². The molecule has 0 saturated heterocycles. The molecule has 0 heterocycles. The van der Waals surface area contributed by atoms with Gasteiger partial charge in [-0.1, -0.05) is 0 Å². The van der Waals surface area contributed by atoms with Crippen LogP contribution in [0.4, 0.5) is 0 Å². The zero-order valence-corrected chi connectivity index (χ0v) is 9.78. The summed E-state index contributed by atoms with van der Waals surface area (Å²) in [4.78, 5) is 0. The van der Waals surface area contributed by atoms with Gasteiger partial charge >= 0.3 is 34.0 Å². The zero-order valence-electron chi connectivity index (χ0n) is 4.33. The van der Waals surface area contributed by atoms with Gasteiger partial charge in [0.05, 0.1) is 0 Å². The molecule has 5 heteroatoms. The molecule has 42 valence electrons. The van der Waals surface area contributed by atoms with Crippen LogP contribution in [-0.4, -0.2) is 34.0 Å². The maximum absolute atomic E-state index is 0. The van der Waals surface area contributed by atoms with Crippen LogP contribution in [0.25, 0.3) is 0 Å². The first-order valence-electron chi connectivity index (χ1n) is 0. The predicted molar refractivity (Wildman–Crippen MR) is 16.5 cm³/mol. The molecule has 0 aliphatic carbocycles. The Labute approximate surface area is 91.7 Å². The molecule has 0 nitrogen and oxygen atoms in total. The number of hydrogen-bond acceptors (Lipinski definition) is 0. The number of hydrogen-bond donors (Lipinski definition) is 0. The van der Waals surface area contributed by atoms with Gasteiger partial charge in [-0.25, -0.2) is 0 Å². The topological polar surface area (TPSA) is 0 Å². The molecular formula is H4AgBeCuNiSn. The number of rotatable bonds is 0. The third-order valence-electron chi connectivity index (χ3n) is 0. The van der Waals surface area contributed by atoms with Gasteiger partial charge in [0.15, 0.2) is 0 Å². The second-order valence-corrected chi connectivity index (χ2v) is 0. The normalized spacial score (nSPS) is 0. The minimum atomic E-state index is 0. The van der Waals surface area contributed by atoms with E-state index in [0.717, 1.165) is 0 Å². The molecule has 0 aliphatic rings. The monoisotopic (exact) mass is 361 g/mol. The van der Waals surface area contributed by atoms with Crippen molar-refractivity contribution in [3.63, 3.8) is 0 Å². The summed E-state index contributed by atoms with van der Waals surface area (Å²) >= 11 is 0. The van der Waals surface area contributed by atoms with Crippen LogP contribution in [0.3, 0.4) is 0 Å². The average molecular weight is 362 g/mol. The van der Waals surface area contributed by atoms with Crippen LogP contribution in [0, 0.1) is 0 Å². The molecule has 4 radical (unpaired) electrons. The van der Waals surface area contributed by atoms with Crippen molar-refractivity contribution >= 4 is 34.0 Å².